The van der Waals surface area contributed by atoms with Crippen molar-refractivity contribution in [3.63, 3.8) is 0 Å². The smallest absolute Gasteiger partial charge is 0.237 e. The van der Waals surface area contributed by atoms with Gasteiger partial charge in [0.05, 0.1) is 78.2 Å². The van der Waals surface area contributed by atoms with E-state index in [0.717, 1.165) is 53.6 Å². The summed E-state index contributed by atoms with van der Waals surface area (Å²) in [5.41, 5.74) is 9.06. The number of carbonyl (C=O) groups excluding carboxylic acids is 4. The Morgan fingerprint density at radius 2 is 0.734 bits per heavy atom. The van der Waals surface area contributed by atoms with Crippen molar-refractivity contribution in [2.24, 2.45) is 59.2 Å². The van der Waals surface area contributed by atoms with Gasteiger partial charge in [-0.25, -0.2) is 4.90 Å². The number of imide groups is 2. The number of rotatable bonds is 3. The first-order valence-corrected chi connectivity index (χ1v) is 25.0. The molecule has 2 bridgehead atoms. The summed E-state index contributed by atoms with van der Waals surface area (Å²) in [5, 5.41) is 0. The molecule has 18 atom stereocenters. The Balaban J connectivity index is 0.879. The van der Waals surface area contributed by atoms with E-state index in [1.165, 1.54) is 26.5 Å². The fourth-order valence-electron chi connectivity index (χ4n) is 17.8. The van der Waals surface area contributed by atoms with Gasteiger partial charge >= 0.3 is 0 Å². The molecule has 2 aromatic rings. The van der Waals surface area contributed by atoms with Gasteiger partial charge < -0.3 is 18.9 Å². The lowest BCUT2D eigenvalue weighted by atomic mass is 9.29. The minimum absolute atomic E-state index is 0.0677. The molecule has 4 heterocycles. The molecule has 0 aromatic heterocycles. The molecule has 5 saturated carbocycles. The van der Waals surface area contributed by atoms with Gasteiger partial charge in [-0.05, 0) is 160 Å². The first kappa shape index (κ1) is 42.0. The first-order chi connectivity index (χ1) is 30.5. The minimum atomic E-state index is -0.411. The second-order valence-corrected chi connectivity index (χ2v) is 23.0. The number of anilines is 1. The molecule has 0 N–H and O–H groups in total. The highest BCUT2D eigenvalue weighted by molar-refractivity contribution is 6.23. The van der Waals surface area contributed by atoms with E-state index in [-0.39, 0.29) is 95.1 Å². The topological polar surface area (TPSA) is 112 Å². The molecule has 2 aromatic carbocycles. The van der Waals surface area contributed by atoms with Crippen LogP contribution in [0, 0.1) is 93.8 Å². The zero-order chi connectivity index (χ0) is 44.8. The summed E-state index contributed by atoms with van der Waals surface area (Å²) in [6, 6.07) is 9.42. The highest BCUT2D eigenvalue weighted by Gasteiger charge is 2.75. The molecule has 18 unspecified atom stereocenters. The summed E-state index contributed by atoms with van der Waals surface area (Å²) in [6.45, 7) is 20.2. The molecule has 0 spiro atoms. The molecule has 4 amide bonds. The average Bonchev–Trinajstić information content (AvgIpc) is 3.63. The van der Waals surface area contributed by atoms with E-state index in [0.29, 0.717) is 61.2 Å². The Labute approximate surface area is 378 Å². The van der Waals surface area contributed by atoms with Crippen LogP contribution in [0.4, 0.5) is 5.69 Å². The minimum Gasteiger partial charge on any atom is -0.370 e. The van der Waals surface area contributed by atoms with E-state index >= 15 is 0 Å². The van der Waals surface area contributed by atoms with E-state index in [4.69, 9.17) is 18.9 Å². The Bertz CT molecular complexity index is 2240. The average molecular weight is 873 g/mol. The number of nitrogens with zero attached hydrogens (tertiary/aromatic N) is 2. The maximum absolute atomic E-state index is 14.5. The molecule has 64 heavy (non-hydrogen) atoms. The van der Waals surface area contributed by atoms with Gasteiger partial charge in [-0.3, -0.25) is 24.1 Å². The van der Waals surface area contributed by atoms with Crippen LogP contribution < -0.4 is 4.90 Å². The molecule has 342 valence electrons. The number of likely N-dealkylation sites (tertiary alicyclic amines) is 1. The van der Waals surface area contributed by atoms with Gasteiger partial charge in [0.2, 0.25) is 23.6 Å². The van der Waals surface area contributed by atoms with Crippen molar-refractivity contribution in [3.05, 3.63) is 63.2 Å². The molecular formula is C54H68N2O8. The number of hydrogen-bond donors (Lipinski definition) is 0. The van der Waals surface area contributed by atoms with Crippen LogP contribution >= 0.6 is 0 Å². The summed E-state index contributed by atoms with van der Waals surface area (Å²) < 4.78 is 29.0. The number of ether oxygens (including phenoxy) is 4. The van der Waals surface area contributed by atoms with Crippen LogP contribution in [0.15, 0.2) is 24.3 Å². The monoisotopic (exact) mass is 872 g/mol. The molecule has 9 fully saturated rings. The highest BCUT2D eigenvalue weighted by Crippen LogP contribution is 2.76. The Hall–Kier alpha value is -3.44. The fourth-order valence-corrected chi connectivity index (χ4v) is 17.8. The van der Waals surface area contributed by atoms with Crippen LogP contribution in [0.1, 0.15) is 118 Å². The quantitative estimate of drug-likeness (QED) is 0.288. The Kier molecular flexibility index (Phi) is 9.21. The predicted octanol–water partition coefficient (Wildman–Crippen LogP) is 7.76. The van der Waals surface area contributed by atoms with Gasteiger partial charge in [-0.2, -0.15) is 0 Å². The molecule has 11 aliphatic rings. The number of carbonyl (C=O) groups is 4. The second kappa shape index (κ2) is 14.1. The molecule has 4 aliphatic heterocycles. The molecule has 10 heteroatoms. The van der Waals surface area contributed by atoms with Crippen molar-refractivity contribution in [1.29, 1.82) is 0 Å². The molecule has 10 nitrogen and oxygen atoms in total. The van der Waals surface area contributed by atoms with Crippen molar-refractivity contribution in [1.82, 2.24) is 4.90 Å². The Morgan fingerprint density at radius 1 is 0.453 bits per heavy atom. The zero-order valence-corrected chi connectivity index (χ0v) is 39.5. The normalized spacial score (nSPS) is 45.1. The summed E-state index contributed by atoms with van der Waals surface area (Å²) in [6.07, 6.45) is 4.58. The van der Waals surface area contributed by atoms with Crippen molar-refractivity contribution in [3.8, 4) is 0 Å². The molecule has 4 saturated heterocycles. The van der Waals surface area contributed by atoms with Gasteiger partial charge in [0.1, 0.15) is 0 Å². The third-order valence-corrected chi connectivity index (χ3v) is 20.7. The van der Waals surface area contributed by atoms with Gasteiger partial charge in [0, 0.05) is 17.9 Å². The largest absolute Gasteiger partial charge is 0.370 e. The van der Waals surface area contributed by atoms with E-state index in [9.17, 15) is 19.2 Å². The van der Waals surface area contributed by atoms with Crippen LogP contribution in [-0.4, -0.2) is 84.4 Å². The van der Waals surface area contributed by atoms with Crippen molar-refractivity contribution in [2.45, 2.75) is 173 Å². The summed E-state index contributed by atoms with van der Waals surface area (Å²) >= 11 is 0. The maximum atomic E-state index is 14.5. The van der Waals surface area contributed by atoms with Gasteiger partial charge in [0.25, 0.3) is 0 Å². The number of fused-ring (bicyclic) bond motifs is 6. The predicted molar refractivity (Wildman–Crippen MR) is 239 cm³/mol. The SMILES string of the molecule is Cc1c(C)c(C)c(N2C(=O)C3CC4OC5CC6C(CC5OC4CC3C2=O)C2(C(C)C)c3ccccc3C6(C(C)C)C3CC4OC5CC6C(=O)N(C)C(=O)C6CC5OC4CC32)c(C)c1C. The van der Waals surface area contributed by atoms with E-state index in [2.05, 4.69) is 72.7 Å². The fraction of sp³-hybridized carbons (Fsp3) is 0.704. The Morgan fingerprint density at radius 3 is 1.05 bits per heavy atom. The second-order valence-electron chi connectivity index (χ2n) is 23.0. The van der Waals surface area contributed by atoms with Crippen molar-refractivity contribution in [2.75, 3.05) is 11.9 Å². The standard InChI is InChI=1S/C54H68N2O8/c1-23(2)53-34-13-11-12-14-35(34)54(24(3)4,37-20-45-44(19-36(37)53)61-40-15-30-31(16-41(40)62-45)50(58)55(10)49(30)57)39-22-47-46(21-38(39)53)63-42-17-32-33(18-43(42)64-47)52(60)56(51(32)59)48-28(8)26(6)25(5)27(7)29(48)9/h11-14,23-24,30-33,36-47H,15-22H2,1-10H3. The summed E-state index contributed by atoms with van der Waals surface area (Å²) in [7, 11) is 1.62. The first-order valence-electron chi connectivity index (χ1n) is 25.0. The molecule has 13 rings (SSSR count). The van der Waals surface area contributed by atoms with E-state index in [1.807, 2.05) is 13.8 Å². The van der Waals surface area contributed by atoms with E-state index in [1.54, 1.807) is 7.05 Å². The lowest BCUT2D eigenvalue weighted by Gasteiger charge is -2.76. The van der Waals surface area contributed by atoms with Crippen LogP contribution in [0.3, 0.4) is 0 Å². The highest BCUT2D eigenvalue weighted by atomic mass is 16.6. The van der Waals surface area contributed by atoms with Crippen LogP contribution in [0.5, 0.6) is 0 Å². The van der Waals surface area contributed by atoms with Crippen LogP contribution in [-0.2, 0) is 49.0 Å². The number of amides is 4. The molecule has 0 radical (unpaired) electrons. The van der Waals surface area contributed by atoms with Crippen LogP contribution in [0.25, 0.3) is 0 Å². The van der Waals surface area contributed by atoms with Gasteiger partial charge in [-0.1, -0.05) is 52.0 Å². The van der Waals surface area contributed by atoms with E-state index < -0.39 is 11.8 Å². The summed E-state index contributed by atoms with van der Waals surface area (Å²) in [4.78, 5) is 58.2. The maximum Gasteiger partial charge on any atom is 0.237 e. The molecular weight excluding hydrogens is 805 g/mol. The van der Waals surface area contributed by atoms with Crippen LogP contribution in [0.2, 0.25) is 0 Å². The third-order valence-electron chi connectivity index (χ3n) is 20.7. The van der Waals surface area contributed by atoms with Gasteiger partial charge in [-0.15, -0.1) is 0 Å². The number of benzene rings is 2. The van der Waals surface area contributed by atoms with Gasteiger partial charge in [0.15, 0.2) is 0 Å². The van der Waals surface area contributed by atoms with Crippen molar-refractivity contribution >= 4 is 29.3 Å². The molecule has 7 aliphatic carbocycles. The number of hydrogen-bond acceptors (Lipinski definition) is 8. The lowest BCUT2D eigenvalue weighted by Crippen LogP contribution is -2.76. The third kappa shape index (κ3) is 5.07. The lowest BCUT2D eigenvalue weighted by molar-refractivity contribution is -0.298. The summed E-state index contributed by atoms with van der Waals surface area (Å²) in [5.74, 6) is 0.375. The van der Waals surface area contributed by atoms with Crippen molar-refractivity contribution < 1.29 is 38.1 Å². The zero-order valence-electron chi connectivity index (χ0n) is 39.5.